The van der Waals surface area contributed by atoms with Gasteiger partial charge in [0, 0.05) is 34.9 Å². The highest BCUT2D eigenvalue weighted by atomic mass is 16.5. The molecule has 1 aromatic carbocycles. The van der Waals surface area contributed by atoms with Crippen LogP contribution < -0.4 is 31.5 Å². The van der Waals surface area contributed by atoms with E-state index in [-0.39, 0.29) is 0 Å². The fourth-order valence-electron chi connectivity index (χ4n) is 3.45. The standard InChI is InChI=1S/C22H25N5O/c1-3-4-15-9-16(18-10-17(12-23)22(28-2)26-14-18)11-21(20(15)13-24)27-19-5-7-25-8-6-19/h3-4,9-11,13-14,19,25,27H,1,5-8,24H2,2H3/b15-4-,20-13+. The van der Waals surface area contributed by atoms with Crippen molar-refractivity contribution < 1.29 is 4.74 Å². The second kappa shape index (κ2) is 9.07. The lowest BCUT2D eigenvalue weighted by Gasteiger charge is -2.25. The number of allylic oxidation sites excluding steroid dienone is 1. The summed E-state index contributed by atoms with van der Waals surface area (Å²) in [5, 5.41) is 18.3. The Hall–Kier alpha value is -3.30. The van der Waals surface area contributed by atoms with Gasteiger partial charge in [0.25, 0.3) is 0 Å². The molecule has 28 heavy (non-hydrogen) atoms. The third kappa shape index (κ3) is 4.16. The first-order chi connectivity index (χ1) is 13.7. The maximum atomic E-state index is 9.38. The number of benzene rings is 1. The molecule has 6 nitrogen and oxygen atoms in total. The Balaban J connectivity index is 2.13. The van der Waals surface area contributed by atoms with Crippen molar-refractivity contribution in [3.05, 3.63) is 53.1 Å². The smallest absolute Gasteiger partial charge is 0.231 e. The number of piperidine rings is 1. The molecule has 0 atom stereocenters. The van der Waals surface area contributed by atoms with Crippen LogP contribution in [-0.4, -0.2) is 31.2 Å². The van der Waals surface area contributed by atoms with Crippen LogP contribution in [-0.2, 0) is 0 Å². The van der Waals surface area contributed by atoms with Gasteiger partial charge in [-0.25, -0.2) is 4.98 Å². The molecule has 0 aliphatic carbocycles. The minimum absolute atomic E-state index is 0.323. The van der Waals surface area contributed by atoms with E-state index in [1.54, 1.807) is 24.5 Å². The van der Waals surface area contributed by atoms with E-state index in [2.05, 4.69) is 34.3 Å². The highest BCUT2D eigenvalue weighted by Gasteiger charge is 2.14. The van der Waals surface area contributed by atoms with Gasteiger partial charge in [0.15, 0.2) is 0 Å². The van der Waals surface area contributed by atoms with Crippen LogP contribution in [0.25, 0.3) is 23.4 Å². The van der Waals surface area contributed by atoms with Crippen LogP contribution in [0.1, 0.15) is 18.4 Å². The van der Waals surface area contributed by atoms with E-state index >= 15 is 0 Å². The van der Waals surface area contributed by atoms with E-state index in [9.17, 15) is 5.26 Å². The Morgan fingerprint density at radius 1 is 1.32 bits per heavy atom. The number of nitrogens with zero attached hydrogens (tertiary/aromatic N) is 2. The van der Waals surface area contributed by atoms with Gasteiger partial charge in [-0.1, -0.05) is 18.7 Å². The fraction of sp³-hybridized carbons (Fsp3) is 0.273. The average molecular weight is 375 g/mol. The number of pyridine rings is 1. The van der Waals surface area contributed by atoms with Crippen molar-refractivity contribution in [3.63, 3.8) is 0 Å². The Kier molecular flexibility index (Phi) is 6.30. The van der Waals surface area contributed by atoms with Gasteiger partial charge in [0.1, 0.15) is 11.6 Å². The summed E-state index contributed by atoms with van der Waals surface area (Å²) in [4.78, 5) is 4.27. The summed E-state index contributed by atoms with van der Waals surface area (Å²) in [5.74, 6) is 0.323. The zero-order valence-electron chi connectivity index (χ0n) is 16.0. The third-order valence-corrected chi connectivity index (χ3v) is 4.87. The largest absolute Gasteiger partial charge is 0.480 e. The monoisotopic (exact) mass is 375 g/mol. The van der Waals surface area contributed by atoms with E-state index in [1.807, 2.05) is 12.1 Å². The van der Waals surface area contributed by atoms with Gasteiger partial charge in [-0.05, 0) is 54.9 Å². The Morgan fingerprint density at radius 2 is 2.11 bits per heavy atom. The van der Waals surface area contributed by atoms with Gasteiger partial charge < -0.3 is 21.1 Å². The number of hydrogen-bond donors (Lipinski definition) is 3. The fourth-order valence-corrected chi connectivity index (χ4v) is 3.45. The van der Waals surface area contributed by atoms with Crippen LogP contribution in [0.3, 0.4) is 0 Å². The number of anilines is 1. The SMILES string of the molecule is C=C/C=c1/cc(-c2cnc(OC)c(C#N)c2)cc(NC2CCNCC2)/c1=C/N. The molecule has 1 aliphatic heterocycles. The lowest BCUT2D eigenvalue weighted by Crippen LogP contribution is -2.38. The summed E-state index contributed by atoms with van der Waals surface area (Å²) in [7, 11) is 1.51. The van der Waals surface area contributed by atoms with E-state index in [0.29, 0.717) is 17.5 Å². The summed E-state index contributed by atoms with van der Waals surface area (Å²) in [6, 6.07) is 8.40. The van der Waals surface area contributed by atoms with Gasteiger partial charge in [-0.3, -0.25) is 0 Å². The van der Waals surface area contributed by atoms with Crippen LogP contribution >= 0.6 is 0 Å². The number of nitrogens with two attached hydrogens (primary N) is 1. The second-order valence-corrected chi connectivity index (χ2v) is 6.66. The minimum atomic E-state index is 0.323. The molecule has 1 saturated heterocycles. The Labute approximate surface area is 165 Å². The second-order valence-electron chi connectivity index (χ2n) is 6.66. The molecule has 0 spiro atoms. The maximum Gasteiger partial charge on any atom is 0.231 e. The summed E-state index contributed by atoms with van der Waals surface area (Å²) >= 11 is 0. The van der Waals surface area contributed by atoms with Crippen LogP contribution in [0.15, 0.2) is 37.1 Å². The number of aromatic nitrogens is 1. The number of nitrogens with one attached hydrogen (secondary N) is 2. The number of ether oxygens (including phenoxy) is 1. The van der Waals surface area contributed by atoms with Crippen LogP contribution in [0, 0.1) is 11.3 Å². The maximum absolute atomic E-state index is 9.38. The number of nitriles is 1. The molecule has 1 aromatic heterocycles. The predicted molar refractivity (Wildman–Crippen MR) is 113 cm³/mol. The summed E-state index contributed by atoms with van der Waals surface area (Å²) < 4.78 is 5.16. The topological polar surface area (TPSA) is 96.0 Å². The summed E-state index contributed by atoms with van der Waals surface area (Å²) in [6.07, 6.45) is 9.11. The molecule has 144 valence electrons. The molecule has 2 heterocycles. The number of hydrogen-bond acceptors (Lipinski definition) is 6. The van der Waals surface area contributed by atoms with E-state index in [0.717, 1.165) is 53.2 Å². The van der Waals surface area contributed by atoms with Gasteiger partial charge in [-0.15, -0.1) is 0 Å². The molecule has 1 fully saturated rings. The lowest BCUT2D eigenvalue weighted by molar-refractivity contribution is 0.396. The summed E-state index contributed by atoms with van der Waals surface area (Å²) in [5.41, 5.74) is 9.11. The third-order valence-electron chi connectivity index (χ3n) is 4.87. The first kappa shape index (κ1) is 19.5. The Bertz CT molecular complexity index is 1020. The number of rotatable bonds is 5. The lowest BCUT2D eigenvalue weighted by atomic mass is 10.0. The van der Waals surface area contributed by atoms with Gasteiger partial charge in [0.2, 0.25) is 5.88 Å². The average Bonchev–Trinajstić information content (AvgIpc) is 2.74. The van der Waals surface area contributed by atoms with Crippen LogP contribution in [0.4, 0.5) is 5.69 Å². The van der Waals surface area contributed by atoms with Gasteiger partial charge >= 0.3 is 0 Å². The van der Waals surface area contributed by atoms with E-state index in [4.69, 9.17) is 10.5 Å². The van der Waals surface area contributed by atoms with Crippen LogP contribution in [0.5, 0.6) is 5.88 Å². The van der Waals surface area contributed by atoms with Crippen molar-refractivity contribution in [1.82, 2.24) is 10.3 Å². The zero-order chi connectivity index (χ0) is 19.9. The molecule has 0 radical (unpaired) electrons. The first-order valence-corrected chi connectivity index (χ1v) is 9.30. The normalized spacial score (nSPS) is 15.9. The van der Waals surface area contributed by atoms with Crippen molar-refractivity contribution in [2.75, 3.05) is 25.5 Å². The molecule has 2 aromatic rings. The molecule has 3 rings (SSSR count). The molecule has 6 heteroatoms. The highest BCUT2D eigenvalue weighted by molar-refractivity contribution is 5.71. The highest BCUT2D eigenvalue weighted by Crippen LogP contribution is 2.24. The quantitative estimate of drug-likeness (QED) is 0.732. The molecular weight excluding hydrogens is 350 g/mol. The molecule has 0 unspecified atom stereocenters. The van der Waals surface area contributed by atoms with E-state index in [1.165, 1.54) is 7.11 Å². The Morgan fingerprint density at radius 3 is 2.75 bits per heavy atom. The van der Waals surface area contributed by atoms with Crippen LogP contribution in [0.2, 0.25) is 0 Å². The van der Waals surface area contributed by atoms with E-state index < -0.39 is 0 Å². The van der Waals surface area contributed by atoms with Crippen molar-refractivity contribution in [1.29, 1.82) is 5.26 Å². The predicted octanol–water partition coefficient (Wildman–Crippen LogP) is 1.46. The molecule has 1 aliphatic rings. The molecule has 0 bridgehead atoms. The van der Waals surface area contributed by atoms with Gasteiger partial charge in [-0.2, -0.15) is 5.26 Å². The summed E-state index contributed by atoms with van der Waals surface area (Å²) in [6.45, 7) is 5.82. The molecule has 4 N–H and O–H groups in total. The molecular formula is C22H25N5O. The van der Waals surface area contributed by atoms with Crippen molar-refractivity contribution in [3.8, 4) is 23.1 Å². The first-order valence-electron chi connectivity index (χ1n) is 9.30. The molecule has 0 amide bonds. The minimum Gasteiger partial charge on any atom is -0.480 e. The van der Waals surface area contributed by atoms with Crippen molar-refractivity contribution in [2.24, 2.45) is 5.73 Å². The van der Waals surface area contributed by atoms with Crippen molar-refractivity contribution in [2.45, 2.75) is 18.9 Å². The van der Waals surface area contributed by atoms with Crippen molar-refractivity contribution >= 4 is 18.0 Å². The molecule has 0 saturated carbocycles. The number of methoxy groups -OCH3 is 1. The zero-order valence-corrected chi connectivity index (χ0v) is 16.0. The van der Waals surface area contributed by atoms with Gasteiger partial charge in [0.05, 0.1) is 7.11 Å².